The number of hydrogen-bond donors (Lipinski definition) is 1. The number of rotatable bonds is 4. The van der Waals surface area contributed by atoms with Crippen LogP contribution >= 0.6 is 11.8 Å². The highest BCUT2D eigenvalue weighted by Gasteiger charge is 2.32. The summed E-state index contributed by atoms with van der Waals surface area (Å²) in [4.78, 5) is 3.61. The van der Waals surface area contributed by atoms with Crippen molar-refractivity contribution in [2.45, 2.75) is 31.1 Å². The summed E-state index contributed by atoms with van der Waals surface area (Å²) in [6.07, 6.45) is -3.51. The standard InChI is InChI=1S/C10H13F3N2S/c1-2-5-16-9-7(6-14)3-4-8(15-9)10(11,12)13/h3-4H,2,5-6,14H2,1H3. The van der Waals surface area contributed by atoms with Gasteiger partial charge in [0.2, 0.25) is 0 Å². The third kappa shape index (κ3) is 3.38. The van der Waals surface area contributed by atoms with E-state index in [-0.39, 0.29) is 6.54 Å². The van der Waals surface area contributed by atoms with Crippen molar-refractivity contribution in [3.8, 4) is 0 Å². The van der Waals surface area contributed by atoms with Crippen LogP contribution in [0.25, 0.3) is 0 Å². The minimum absolute atomic E-state index is 0.206. The molecule has 90 valence electrons. The van der Waals surface area contributed by atoms with Crippen LogP contribution in [0.2, 0.25) is 0 Å². The summed E-state index contributed by atoms with van der Waals surface area (Å²) in [5.74, 6) is 0.737. The Kier molecular flexibility index (Phi) is 4.61. The number of alkyl halides is 3. The minimum Gasteiger partial charge on any atom is -0.326 e. The molecule has 0 atom stereocenters. The van der Waals surface area contributed by atoms with Crippen molar-refractivity contribution in [2.75, 3.05) is 5.75 Å². The monoisotopic (exact) mass is 250 g/mol. The Morgan fingerprint density at radius 2 is 2.06 bits per heavy atom. The van der Waals surface area contributed by atoms with E-state index in [1.165, 1.54) is 17.8 Å². The Hall–Kier alpha value is -0.750. The van der Waals surface area contributed by atoms with Crippen molar-refractivity contribution in [2.24, 2.45) is 5.73 Å². The lowest BCUT2D eigenvalue weighted by Crippen LogP contribution is -2.10. The van der Waals surface area contributed by atoms with Gasteiger partial charge in [0.15, 0.2) is 0 Å². The van der Waals surface area contributed by atoms with E-state index in [0.717, 1.165) is 18.2 Å². The van der Waals surface area contributed by atoms with Gasteiger partial charge in [0, 0.05) is 6.54 Å². The SMILES string of the molecule is CCCSc1nc(C(F)(F)F)ccc1CN. The number of halogens is 3. The van der Waals surface area contributed by atoms with E-state index in [1.54, 1.807) is 0 Å². The highest BCUT2D eigenvalue weighted by atomic mass is 32.2. The molecule has 2 N–H and O–H groups in total. The molecule has 0 aliphatic heterocycles. The van der Waals surface area contributed by atoms with Crippen LogP contribution in [0.5, 0.6) is 0 Å². The van der Waals surface area contributed by atoms with Crippen LogP contribution in [-0.4, -0.2) is 10.7 Å². The molecule has 1 rings (SSSR count). The Morgan fingerprint density at radius 3 is 2.56 bits per heavy atom. The minimum atomic E-state index is -4.39. The second-order valence-electron chi connectivity index (χ2n) is 3.21. The maximum absolute atomic E-state index is 12.4. The van der Waals surface area contributed by atoms with Gasteiger partial charge >= 0.3 is 6.18 Å². The van der Waals surface area contributed by atoms with E-state index in [2.05, 4.69) is 4.98 Å². The quantitative estimate of drug-likeness (QED) is 0.835. The number of aromatic nitrogens is 1. The van der Waals surface area contributed by atoms with Crippen LogP contribution in [0.15, 0.2) is 17.2 Å². The molecule has 1 aromatic rings. The van der Waals surface area contributed by atoms with Gasteiger partial charge in [-0.3, -0.25) is 0 Å². The van der Waals surface area contributed by atoms with Crippen LogP contribution < -0.4 is 5.73 Å². The third-order valence-electron chi connectivity index (χ3n) is 1.89. The van der Waals surface area contributed by atoms with Crippen molar-refractivity contribution in [3.63, 3.8) is 0 Å². The number of hydrogen-bond acceptors (Lipinski definition) is 3. The molecule has 16 heavy (non-hydrogen) atoms. The molecule has 1 aromatic heterocycles. The van der Waals surface area contributed by atoms with Gasteiger partial charge in [0.25, 0.3) is 0 Å². The van der Waals surface area contributed by atoms with Gasteiger partial charge in [-0.15, -0.1) is 11.8 Å². The van der Waals surface area contributed by atoms with Crippen molar-refractivity contribution < 1.29 is 13.2 Å². The molecule has 0 aliphatic rings. The fourth-order valence-corrected chi connectivity index (χ4v) is 2.00. The fraction of sp³-hybridized carbons (Fsp3) is 0.500. The topological polar surface area (TPSA) is 38.9 Å². The van der Waals surface area contributed by atoms with E-state index in [9.17, 15) is 13.2 Å². The zero-order valence-corrected chi connectivity index (χ0v) is 9.66. The fourth-order valence-electron chi connectivity index (χ4n) is 1.11. The van der Waals surface area contributed by atoms with Crippen LogP contribution in [0.1, 0.15) is 24.6 Å². The largest absolute Gasteiger partial charge is 0.433 e. The molecule has 0 bridgehead atoms. The predicted octanol–water partition coefficient (Wildman–Crippen LogP) is 3.06. The highest BCUT2D eigenvalue weighted by Crippen LogP contribution is 2.30. The first-order valence-electron chi connectivity index (χ1n) is 4.89. The molecule has 0 aliphatic carbocycles. The second kappa shape index (κ2) is 5.54. The summed E-state index contributed by atoms with van der Waals surface area (Å²) in [7, 11) is 0. The van der Waals surface area contributed by atoms with E-state index >= 15 is 0 Å². The normalized spacial score (nSPS) is 11.8. The van der Waals surface area contributed by atoms with Gasteiger partial charge in [-0.05, 0) is 23.8 Å². The lowest BCUT2D eigenvalue weighted by Gasteiger charge is -2.10. The molecule has 2 nitrogen and oxygen atoms in total. The Bertz CT molecular complexity index is 352. The lowest BCUT2D eigenvalue weighted by molar-refractivity contribution is -0.141. The molecule has 0 radical (unpaired) electrons. The summed E-state index contributed by atoms with van der Waals surface area (Å²) in [6.45, 7) is 2.17. The molecule has 0 unspecified atom stereocenters. The molecule has 0 saturated carbocycles. The lowest BCUT2D eigenvalue weighted by atomic mass is 10.2. The first kappa shape index (κ1) is 13.3. The Morgan fingerprint density at radius 1 is 1.38 bits per heavy atom. The van der Waals surface area contributed by atoms with E-state index in [4.69, 9.17) is 5.73 Å². The van der Waals surface area contributed by atoms with E-state index < -0.39 is 11.9 Å². The molecular weight excluding hydrogens is 237 g/mol. The molecule has 6 heteroatoms. The zero-order chi connectivity index (χ0) is 12.2. The predicted molar refractivity (Wildman–Crippen MR) is 58.1 cm³/mol. The maximum Gasteiger partial charge on any atom is 0.433 e. The highest BCUT2D eigenvalue weighted by molar-refractivity contribution is 7.99. The summed E-state index contributed by atoms with van der Waals surface area (Å²) in [6, 6.07) is 2.37. The van der Waals surface area contributed by atoms with Crippen LogP contribution in [-0.2, 0) is 12.7 Å². The van der Waals surface area contributed by atoms with Crippen molar-refractivity contribution >= 4 is 11.8 Å². The van der Waals surface area contributed by atoms with Crippen molar-refractivity contribution in [1.82, 2.24) is 4.98 Å². The van der Waals surface area contributed by atoms with Crippen LogP contribution in [0, 0.1) is 0 Å². The van der Waals surface area contributed by atoms with Crippen LogP contribution in [0.4, 0.5) is 13.2 Å². The number of thioether (sulfide) groups is 1. The van der Waals surface area contributed by atoms with Gasteiger partial charge < -0.3 is 5.73 Å². The first-order chi connectivity index (χ1) is 7.49. The molecule has 0 spiro atoms. The van der Waals surface area contributed by atoms with Gasteiger partial charge in [0.05, 0.1) is 0 Å². The van der Waals surface area contributed by atoms with Gasteiger partial charge in [-0.2, -0.15) is 13.2 Å². The summed E-state index contributed by atoms with van der Waals surface area (Å²) in [5, 5.41) is 0.388. The Balaban J connectivity index is 3.01. The van der Waals surface area contributed by atoms with Gasteiger partial charge in [-0.1, -0.05) is 13.0 Å². The maximum atomic E-state index is 12.4. The molecule has 0 amide bonds. The zero-order valence-electron chi connectivity index (χ0n) is 8.84. The second-order valence-corrected chi connectivity index (χ2v) is 4.29. The number of pyridine rings is 1. The first-order valence-corrected chi connectivity index (χ1v) is 5.87. The molecular formula is C10H13F3N2S. The Labute approximate surface area is 96.4 Å². The van der Waals surface area contributed by atoms with Crippen molar-refractivity contribution in [1.29, 1.82) is 0 Å². The third-order valence-corrected chi connectivity index (χ3v) is 3.13. The number of nitrogens with zero attached hydrogens (tertiary/aromatic N) is 1. The van der Waals surface area contributed by atoms with E-state index in [1.807, 2.05) is 6.92 Å². The average molecular weight is 250 g/mol. The summed E-state index contributed by atoms with van der Waals surface area (Å²) < 4.78 is 37.3. The number of nitrogens with two attached hydrogens (primary N) is 1. The van der Waals surface area contributed by atoms with Crippen molar-refractivity contribution in [3.05, 3.63) is 23.4 Å². The molecule has 0 fully saturated rings. The smallest absolute Gasteiger partial charge is 0.326 e. The molecule has 0 saturated heterocycles. The molecule has 1 heterocycles. The van der Waals surface area contributed by atoms with Gasteiger partial charge in [0.1, 0.15) is 10.7 Å². The average Bonchev–Trinajstić information content (AvgIpc) is 2.24. The van der Waals surface area contributed by atoms with Crippen LogP contribution in [0.3, 0.4) is 0 Å². The molecule has 0 aromatic carbocycles. The van der Waals surface area contributed by atoms with E-state index in [0.29, 0.717) is 10.6 Å². The summed E-state index contributed by atoms with van der Waals surface area (Å²) >= 11 is 1.31. The summed E-state index contributed by atoms with van der Waals surface area (Å²) in [5.41, 5.74) is 5.25. The van der Waals surface area contributed by atoms with Gasteiger partial charge in [-0.25, -0.2) is 4.98 Å².